The molecule has 0 amide bonds. The van der Waals surface area contributed by atoms with Gasteiger partial charge in [-0.15, -0.1) is 10.2 Å². The van der Waals surface area contributed by atoms with Gasteiger partial charge in [0.05, 0.1) is 6.54 Å². The van der Waals surface area contributed by atoms with Crippen LogP contribution in [0, 0.1) is 12.7 Å². The summed E-state index contributed by atoms with van der Waals surface area (Å²) in [6.45, 7) is 6.25. The van der Waals surface area contributed by atoms with Gasteiger partial charge < -0.3 is 14.8 Å². The molecule has 1 aromatic carbocycles. The van der Waals surface area contributed by atoms with Crippen LogP contribution in [0.4, 0.5) is 4.39 Å². The smallest absolute Gasteiger partial charge is 0.194 e. The minimum Gasteiger partial charge on any atom is -0.349 e. The number of aryl methyl sites for hydroxylation is 1. The molecule has 1 aliphatic heterocycles. The maximum Gasteiger partial charge on any atom is 0.194 e. The third kappa shape index (κ3) is 4.56. The van der Waals surface area contributed by atoms with E-state index in [0.29, 0.717) is 23.7 Å². The van der Waals surface area contributed by atoms with E-state index in [1.165, 1.54) is 6.07 Å². The number of guanidine groups is 1. The molecule has 0 unspecified atom stereocenters. The van der Waals surface area contributed by atoms with Gasteiger partial charge in [-0.1, -0.05) is 17.7 Å². The summed E-state index contributed by atoms with van der Waals surface area (Å²) < 4.78 is 16.0. The summed E-state index contributed by atoms with van der Waals surface area (Å²) in [5, 5.41) is 12.1. The van der Waals surface area contributed by atoms with Crippen molar-refractivity contribution in [2.24, 2.45) is 12.0 Å². The van der Waals surface area contributed by atoms with E-state index in [1.807, 2.05) is 18.5 Å². The van der Waals surface area contributed by atoms with Gasteiger partial charge in [-0.3, -0.25) is 9.89 Å². The number of piperazine rings is 1. The molecule has 1 N–H and O–H groups in total. The summed E-state index contributed by atoms with van der Waals surface area (Å²) in [4.78, 5) is 8.78. The lowest BCUT2D eigenvalue weighted by molar-refractivity contribution is 0.171. The molecular weight excluding hydrogens is 369 g/mol. The number of hydrogen-bond acceptors (Lipinski definition) is 4. The highest BCUT2D eigenvalue weighted by molar-refractivity contribution is 6.31. The maximum absolute atomic E-state index is 14.0. The van der Waals surface area contributed by atoms with Gasteiger partial charge in [0, 0.05) is 57.4 Å². The molecule has 1 fully saturated rings. The highest BCUT2D eigenvalue weighted by Gasteiger charge is 2.21. The zero-order valence-electron chi connectivity index (χ0n) is 15.9. The highest BCUT2D eigenvalue weighted by Crippen LogP contribution is 2.21. The number of hydrogen-bond donors (Lipinski definition) is 1. The van der Waals surface area contributed by atoms with Crippen LogP contribution < -0.4 is 5.32 Å². The molecule has 0 spiro atoms. The van der Waals surface area contributed by atoms with Gasteiger partial charge in [-0.05, 0) is 19.1 Å². The van der Waals surface area contributed by atoms with Crippen molar-refractivity contribution in [3.8, 4) is 0 Å². The SMILES string of the molecule is CN=C(NCc1nnc(C)n1C)N1CCN(Cc2c(F)cccc2Cl)CC1. The van der Waals surface area contributed by atoms with E-state index >= 15 is 0 Å². The molecular formula is C18H25ClFN7. The summed E-state index contributed by atoms with van der Waals surface area (Å²) in [7, 11) is 3.72. The molecule has 0 aliphatic carbocycles. The van der Waals surface area contributed by atoms with E-state index < -0.39 is 0 Å². The predicted octanol–water partition coefficient (Wildman–Crippen LogP) is 1.81. The molecule has 0 bridgehead atoms. The fourth-order valence-corrected chi connectivity index (χ4v) is 3.34. The monoisotopic (exact) mass is 393 g/mol. The number of halogens is 2. The van der Waals surface area contributed by atoms with E-state index in [0.717, 1.165) is 43.8 Å². The van der Waals surface area contributed by atoms with Crippen LogP contribution in [0.5, 0.6) is 0 Å². The Morgan fingerprint density at radius 1 is 1.26 bits per heavy atom. The Morgan fingerprint density at radius 3 is 2.59 bits per heavy atom. The molecule has 1 saturated heterocycles. The second-order valence-corrected chi connectivity index (χ2v) is 6.99. The molecule has 9 heteroatoms. The van der Waals surface area contributed by atoms with Crippen LogP contribution in [0.2, 0.25) is 5.02 Å². The Labute approximate surface area is 163 Å². The number of aliphatic imine (C=N–C) groups is 1. The van der Waals surface area contributed by atoms with Gasteiger partial charge in [0.15, 0.2) is 11.8 Å². The summed E-state index contributed by atoms with van der Waals surface area (Å²) in [6, 6.07) is 4.82. The molecule has 2 aromatic rings. The second kappa shape index (κ2) is 8.67. The molecule has 1 aromatic heterocycles. The van der Waals surface area contributed by atoms with Crippen LogP contribution in [-0.2, 0) is 20.1 Å². The van der Waals surface area contributed by atoms with Crippen molar-refractivity contribution >= 4 is 17.6 Å². The molecule has 27 heavy (non-hydrogen) atoms. The molecule has 1 aliphatic rings. The Kier molecular flexibility index (Phi) is 6.28. The van der Waals surface area contributed by atoms with Gasteiger partial charge in [0.1, 0.15) is 11.6 Å². The van der Waals surface area contributed by atoms with Gasteiger partial charge in [-0.2, -0.15) is 0 Å². The van der Waals surface area contributed by atoms with Gasteiger partial charge in [0.2, 0.25) is 0 Å². The topological polar surface area (TPSA) is 61.6 Å². The first-order valence-electron chi connectivity index (χ1n) is 8.95. The van der Waals surface area contributed by atoms with Crippen LogP contribution >= 0.6 is 11.6 Å². The summed E-state index contributed by atoms with van der Waals surface area (Å²) in [5.74, 6) is 2.32. The highest BCUT2D eigenvalue weighted by atomic mass is 35.5. The average molecular weight is 394 g/mol. The van der Waals surface area contributed by atoms with Crippen molar-refractivity contribution in [3.05, 3.63) is 46.3 Å². The summed E-state index contributed by atoms with van der Waals surface area (Å²) in [6.07, 6.45) is 0. The molecule has 7 nitrogen and oxygen atoms in total. The third-order valence-corrected chi connectivity index (χ3v) is 5.27. The van der Waals surface area contributed by atoms with E-state index in [4.69, 9.17) is 11.6 Å². The van der Waals surface area contributed by atoms with Crippen molar-refractivity contribution in [3.63, 3.8) is 0 Å². The Bertz CT molecular complexity index is 792. The van der Waals surface area contributed by atoms with E-state index in [2.05, 4.69) is 30.3 Å². The number of nitrogens with one attached hydrogen (secondary N) is 1. The van der Waals surface area contributed by atoms with Crippen LogP contribution in [0.1, 0.15) is 17.2 Å². The molecule has 2 heterocycles. The number of nitrogens with zero attached hydrogens (tertiary/aromatic N) is 6. The van der Waals surface area contributed by atoms with E-state index in [-0.39, 0.29) is 5.82 Å². The van der Waals surface area contributed by atoms with Crippen molar-refractivity contribution in [1.82, 2.24) is 29.9 Å². The van der Waals surface area contributed by atoms with E-state index in [9.17, 15) is 4.39 Å². The lowest BCUT2D eigenvalue weighted by Gasteiger charge is -2.36. The zero-order chi connectivity index (χ0) is 19.4. The average Bonchev–Trinajstić information content (AvgIpc) is 2.98. The fourth-order valence-electron chi connectivity index (χ4n) is 3.12. The van der Waals surface area contributed by atoms with Gasteiger partial charge in [0.25, 0.3) is 0 Å². The zero-order valence-corrected chi connectivity index (χ0v) is 16.7. The molecule has 3 rings (SSSR count). The third-order valence-electron chi connectivity index (χ3n) is 4.91. The first kappa shape index (κ1) is 19.6. The lowest BCUT2D eigenvalue weighted by atomic mass is 10.2. The van der Waals surface area contributed by atoms with Crippen LogP contribution in [0.25, 0.3) is 0 Å². The predicted molar refractivity (Wildman–Crippen MR) is 104 cm³/mol. The van der Waals surface area contributed by atoms with Gasteiger partial charge >= 0.3 is 0 Å². The minimum absolute atomic E-state index is 0.249. The largest absolute Gasteiger partial charge is 0.349 e. The van der Waals surface area contributed by atoms with E-state index in [1.54, 1.807) is 19.2 Å². The summed E-state index contributed by atoms with van der Waals surface area (Å²) in [5.41, 5.74) is 0.563. The normalized spacial score (nSPS) is 16.0. The van der Waals surface area contributed by atoms with Crippen LogP contribution in [0.15, 0.2) is 23.2 Å². The molecule has 146 valence electrons. The van der Waals surface area contributed by atoms with Crippen molar-refractivity contribution < 1.29 is 4.39 Å². The Morgan fingerprint density at radius 2 is 2.00 bits per heavy atom. The standard InChI is InChI=1S/C18H25ClFN7/c1-13-23-24-17(25(13)3)11-22-18(21-2)27-9-7-26(8-10-27)12-14-15(19)5-4-6-16(14)20/h4-6H,7-12H2,1-3H3,(H,21,22). The van der Waals surface area contributed by atoms with Crippen molar-refractivity contribution in [1.29, 1.82) is 0 Å². The first-order chi connectivity index (χ1) is 13.0. The molecule has 0 atom stereocenters. The Hall–Kier alpha value is -2.19. The second-order valence-electron chi connectivity index (χ2n) is 6.59. The Balaban J connectivity index is 1.53. The number of benzene rings is 1. The molecule has 0 saturated carbocycles. The first-order valence-corrected chi connectivity index (χ1v) is 9.33. The molecule has 0 radical (unpaired) electrons. The minimum atomic E-state index is -0.249. The van der Waals surface area contributed by atoms with Crippen molar-refractivity contribution in [2.45, 2.75) is 20.0 Å². The fraction of sp³-hybridized carbons (Fsp3) is 0.500. The van der Waals surface area contributed by atoms with Crippen LogP contribution in [0.3, 0.4) is 0 Å². The summed E-state index contributed by atoms with van der Waals surface area (Å²) >= 11 is 6.15. The number of rotatable bonds is 4. The number of aromatic nitrogens is 3. The quantitative estimate of drug-likeness (QED) is 0.634. The maximum atomic E-state index is 14.0. The lowest BCUT2D eigenvalue weighted by Crippen LogP contribution is -2.52. The van der Waals surface area contributed by atoms with Crippen molar-refractivity contribution in [2.75, 3.05) is 33.2 Å². The van der Waals surface area contributed by atoms with Crippen LogP contribution in [-0.4, -0.2) is 63.8 Å². The van der Waals surface area contributed by atoms with Gasteiger partial charge in [-0.25, -0.2) is 4.39 Å².